The van der Waals surface area contributed by atoms with Gasteiger partial charge >= 0.3 is 160 Å². The maximum absolute atomic E-state index is 12.7. The summed E-state index contributed by atoms with van der Waals surface area (Å²) in [4.78, 5) is 0.137. The molecule has 3 aromatic rings. The van der Waals surface area contributed by atoms with E-state index in [1.165, 1.54) is 0 Å². The molecular formula is C18H16ClIO4S. The van der Waals surface area contributed by atoms with Crippen molar-refractivity contribution in [3.05, 3.63) is 84.3 Å². The zero-order valence-electron chi connectivity index (χ0n) is 13.6. The van der Waals surface area contributed by atoms with Gasteiger partial charge in [0.2, 0.25) is 0 Å². The molecular weight excluding hydrogens is 475 g/mol. The average molecular weight is 491 g/mol. The predicted octanol–water partition coefficient (Wildman–Crippen LogP) is 5.42. The molecule has 0 saturated carbocycles. The molecule has 25 heavy (non-hydrogen) atoms. The number of furan rings is 1. The van der Waals surface area contributed by atoms with Crippen LogP contribution in [0.25, 0.3) is 0 Å². The van der Waals surface area contributed by atoms with E-state index < -0.39 is 30.4 Å². The van der Waals surface area contributed by atoms with E-state index in [1.807, 2.05) is 13.8 Å². The summed E-state index contributed by atoms with van der Waals surface area (Å²) in [5.41, 5.74) is 0.980. The van der Waals surface area contributed by atoms with E-state index in [-0.39, 0.29) is 4.90 Å². The summed E-state index contributed by atoms with van der Waals surface area (Å²) in [6.07, 6.45) is 0. The summed E-state index contributed by atoms with van der Waals surface area (Å²) in [5, 5.41) is 0.580. The van der Waals surface area contributed by atoms with Crippen LogP contribution in [0, 0.1) is 21.2 Å². The molecule has 132 valence electrons. The zero-order valence-corrected chi connectivity index (χ0v) is 17.3. The van der Waals surface area contributed by atoms with Crippen LogP contribution in [0.1, 0.15) is 11.3 Å². The molecule has 2 aromatic carbocycles. The van der Waals surface area contributed by atoms with Crippen LogP contribution < -0.4 is 0 Å². The molecule has 0 spiro atoms. The Labute approximate surface area is 159 Å². The fourth-order valence-corrected chi connectivity index (χ4v) is 8.89. The van der Waals surface area contributed by atoms with Crippen molar-refractivity contribution in [2.75, 3.05) is 0 Å². The molecule has 1 aromatic heterocycles. The first-order chi connectivity index (χ1) is 11.8. The van der Waals surface area contributed by atoms with Crippen molar-refractivity contribution in [1.82, 2.24) is 0 Å². The van der Waals surface area contributed by atoms with Gasteiger partial charge in [0.15, 0.2) is 0 Å². The average Bonchev–Trinajstić information content (AvgIpc) is 3.00. The second-order valence-electron chi connectivity index (χ2n) is 5.37. The summed E-state index contributed by atoms with van der Waals surface area (Å²) in [6.45, 7) is 3.71. The number of rotatable bonds is 5. The van der Waals surface area contributed by atoms with Gasteiger partial charge in [0.1, 0.15) is 0 Å². The van der Waals surface area contributed by atoms with Crippen molar-refractivity contribution >= 4 is 42.0 Å². The third-order valence-electron chi connectivity index (χ3n) is 3.33. The number of hydrogen-bond donors (Lipinski definition) is 0. The van der Waals surface area contributed by atoms with E-state index >= 15 is 0 Å². The van der Waals surface area contributed by atoms with Gasteiger partial charge in [-0.3, -0.25) is 0 Å². The van der Waals surface area contributed by atoms with E-state index in [4.69, 9.17) is 18.5 Å². The Morgan fingerprint density at radius 3 is 2.12 bits per heavy atom. The number of benzene rings is 2. The third-order valence-corrected chi connectivity index (χ3v) is 10.6. The monoisotopic (exact) mass is 490 g/mol. The van der Waals surface area contributed by atoms with Gasteiger partial charge in [0.05, 0.1) is 0 Å². The van der Waals surface area contributed by atoms with E-state index in [0.29, 0.717) is 14.5 Å². The van der Waals surface area contributed by atoms with Gasteiger partial charge in [-0.25, -0.2) is 0 Å². The zero-order chi connectivity index (χ0) is 18.0. The molecule has 7 heteroatoms. The van der Waals surface area contributed by atoms with Gasteiger partial charge in [-0.05, 0) is 0 Å². The Bertz CT molecular complexity index is 963. The molecule has 0 aliphatic rings. The Morgan fingerprint density at radius 1 is 0.920 bits per heavy atom. The minimum absolute atomic E-state index is 0.137. The molecule has 0 bridgehead atoms. The topological polar surface area (TPSA) is 56.5 Å². The molecule has 0 amide bonds. The van der Waals surface area contributed by atoms with E-state index in [9.17, 15) is 8.42 Å². The van der Waals surface area contributed by atoms with Gasteiger partial charge in [-0.15, -0.1) is 0 Å². The van der Waals surface area contributed by atoms with Crippen molar-refractivity contribution < 1.29 is 15.3 Å². The SMILES string of the molecule is Cc1ccc(S(=O)(=O)OI(c2ccc(Cl)cc2)c2ccc(C)o2)cc1. The first kappa shape index (κ1) is 18.4. The fraction of sp³-hybridized carbons (Fsp3) is 0.111. The summed E-state index contributed by atoms with van der Waals surface area (Å²) in [5.74, 6) is 0.711. The Morgan fingerprint density at radius 2 is 1.56 bits per heavy atom. The fourth-order valence-electron chi connectivity index (χ4n) is 2.04. The second kappa shape index (κ2) is 7.49. The second-order valence-corrected chi connectivity index (χ2v) is 12.1. The van der Waals surface area contributed by atoms with E-state index in [1.54, 1.807) is 60.7 Å². The Kier molecular flexibility index (Phi) is 5.52. The van der Waals surface area contributed by atoms with Crippen LogP contribution in [0.2, 0.25) is 5.02 Å². The first-order valence-corrected chi connectivity index (χ1v) is 12.2. The van der Waals surface area contributed by atoms with Crippen molar-refractivity contribution in [3.63, 3.8) is 0 Å². The quantitative estimate of drug-likeness (QED) is 0.448. The summed E-state index contributed by atoms with van der Waals surface area (Å²) >= 11 is 3.16. The van der Waals surface area contributed by atoms with Crippen LogP contribution in [-0.4, -0.2) is 8.42 Å². The molecule has 3 rings (SSSR count). The van der Waals surface area contributed by atoms with E-state index in [2.05, 4.69) is 0 Å². The van der Waals surface area contributed by atoms with Gasteiger partial charge in [0.25, 0.3) is 0 Å². The van der Waals surface area contributed by atoms with Gasteiger partial charge in [-0.1, -0.05) is 0 Å². The summed E-state index contributed by atoms with van der Waals surface area (Å²) in [6, 6.07) is 17.2. The van der Waals surface area contributed by atoms with Crippen molar-refractivity contribution in [2.45, 2.75) is 18.7 Å². The maximum atomic E-state index is 12.7. The molecule has 0 N–H and O–H groups in total. The standard InChI is InChI=1S/C18H16ClIO4S/c1-13-3-10-17(11-4-13)25(21,22)24-20(18-12-5-14(2)23-18)16-8-6-15(19)7-9-16/h3-12H,1-2H3. The molecule has 0 aliphatic heterocycles. The van der Waals surface area contributed by atoms with Crippen LogP contribution in [0.5, 0.6) is 0 Å². The molecule has 0 fully saturated rings. The molecule has 0 unspecified atom stereocenters. The molecule has 4 nitrogen and oxygen atoms in total. The van der Waals surface area contributed by atoms with Gasteiger partial charge < -0.3 is 0 Å². The third kappa shape index (κ3) is 4.44. The van der Waals surface area contributed by atoms with Crippen LogP contribution in [-0.2, 0) is 12.6 Å². The molecule has 0 saturated heterocycles. The van der Waals surface area contributed by atoms with Crippen molar-refractivity contribution in [3.8, 4) is 0 Å². The summed E-state index contributed by atoms with van der Waals surface area (Å²) < 4.78 is 38.2. The Hall–Kier alpha value is -1.35. The predicted molar refractivity (Wildman–Crippen MR) is 106 cm³/mol. The van der Waals surface area contributed by atoms with Gasteiger partial charge in [0, 0.05) is 0 Å². The number of aryl methyl sites for hydroxylation is 2. The van der Waals surface area contributed by atoms with Crippen molar-refractivity contribution in [2.24, 2.45) is 0 Å². The summed E-state index contributed by atoms with van der Waals surface area (Å²) in [7, 11) is -3.90. The van der Waals surface area contributed by atoms with E-state index in [0.717, 1.165) is 9.13 Å². The van der Waals surface area contributed by atoms with Crippen LogP contribution in [0.3, 0.4) is 0 Å². The molecule has 1 heterocycles. The molecule has 0 radical (unpaired) electrons. The minimum atomic E-state index is -3.90. The van der Waals surface area contributed by atoms with Crippen molar-refractivity contribution in [1.29, 1.82) is 0 Å². The number of hydrogen-bond acceptors (Lipinski definition) is 4. The van der Waals surface area contributed by atoms with Crippen LogP contribution in [0.15, 0.2) is 70.0 Å². The number of halogens is 2. The van der Waals surface area contributed by atoms with Gasteiger partial charge in [-0.2, -0.15) is 0 Å². The first-order valence-electron chi connectivity index (χ1n) is 7.39. The normalized spacial score (nSPS) is 12.2. The van der Waals surface area contributed by atoms with Crippen LogP contribution >= 0.6 is 31.8 Å². The van der Waals surface area contributed by atoms with Crippen LogP contribution in [0.4, 0.5) is 0 Å². The molecule has 0 atom stereocenters. The Balaban J connectivity index is 2.00. The molecule has 0 aliphatic carbocycles.